The zero-order valence-corrected chi connectivity index (χ0v) is 8.56. The summed E-state index contributed by atoms with van der Waals surface area (Å²) in [5, 5.41) is 22.1. The van der Waals surface area contributed by atoms with Gasteiger partial charge in [-0.15, -0.1) is 0 Å². The van der Waals surface area contributed by atoms with Crippen LogP contribution in [-0.2, 0) is 4.79 Å². The third-order valence-electron chi connectivity index (χ3n) is 1.76. The molecule has 0 radical (unpaired) electrons. The first-order chi connectivity index (χ1) is 7.40. The monoisotopic (exact) mass is 222 g/mol. The number of phenolic OH excluding ortho intramolecular Hbond substituents is 1. The van der Waals surface area contributed by atoms with Gasteiger partial charge in [-0.1, -0.05) is 6.58 Å². The highest BCUT2D eigenvalue weighted by molar-refractivity contribution is 6.03. The molecule has 0 bridgehead atoms. The van der Waals surface area contributed by atoms with Crippen molar-refractivity contribution in [3.05, 3.63) is 40.5 Å². The van der Waals surface area contributed by atoms with Crippen LogP contribution < -0.4 is 5.32 Å². The Morgan fingerprint density at radius 2 is 2.12 bits per heavy atom. The van der Waals surface area contributed by atoms with E-state index < -0.39 is 10.8 Å². The van der Waals surface area contributed by atoms with Crippen molar-refractivity contribution in [1.29, 1.82) is 0 Å². The van der Waals surface area contributed by atoms with Gasteiger partial charge in [-0.2, -0.15) is 0 Å². The quantitative estimate of drug-likeness (QED) is 0.463. The zero-order chi connectivity index (χ0) is 12.3. The predicted octanol–water partition coefficient (Wildman–Crippen LogP) is 1.81. The molecule has 84 valence electrons. The first-order valence-electron chi connectivity index (χ1n) is 4.35. The van der Waals surface area contributed by atoms with Crippen molar-refractivity contribution in [2.75, 3.05) is 5.32 Å². The molecule has 1 aromatic carbocycles. The number of anilines is 1. The van der Waals surface area contributed by atoms with Gasteiger partial charge < -0.3 is 10.4 Å². The molecule has 0 saturated carbocycles. The Morgan fingerprint density at radius 3 is 2.62 bits per heavy atom. The Kier molecular flexibility index (Phi) is 3.24. The summed E-state index contributed by atoms with van der Waals surface area (Å²) in [5.74, 6) is -0.744. The maximum absolute atomic E-state index is 11.2. The Hall–Kier alpha value is -2.37. The van der Waals surface area contributed by atoms with Crippen LogP contribution in [-0.4, -0.2) is 15.9 Å². The number of nitro groups is 1. The number of carbonyl (C=O) groups excluding carboxylic acids is 1. The lowest BCUT2D eigenvalue weighted by atomic mass is 10.2. The number of nitro benzene ring substituents is 1. The average molecular weight is 222 g/mol. The molecule has 0 unspecified atom stereocenters. The molecule has 0 heterocycles. The molecule has 1 aromatic rings. The van der Waals surface area contributed by atoms with E-state index in [1.807, 2.05) is 0 Å². The first kappa shape index (κ1) is 11.7. The molecule has 0 atom stereocenters. The summed E-state index contributed by atoms with van der Waals surface area (Å²) in [6.07, 6.45) is 0. The summed E-state index contributed by atoms with van der Waals surface area (Å²) < 4.78 is 0. The molecule has 0 aliphatic heterocycles. The molecule has 6 heteroatoms. The number of non-ortho nitro benzene ring substituents is 1. The zero-order valence-electron chi connectivity index (χ0n) is 8.56. The van der Waals surface area contributed by atoms with Gasteiger partial charge in [0.25, 0.3) is 11.6 Å². The summed E-state index contributed by atoms with van der Waals surface area (Å²) in [7, 11) is 0. The number of carbonyl (C=O) groups is 1. The molecule has 0 aromatic heterocycles. The van der Waals surface area contributed by atoms with Crippen LogP contribution in [0, 0.1) is 10.1 Å². The van der Waals surface area contributed by atoms with Crippen LogP contribution in [0.15, 0.2) is 30.4 Å². The molecule has 0 saturated heterocycles. The topological polar surface area (TPSA) is 92.5 Å². The average Bonchev–Trinajstić information content (AvgIpc) is 2.16. The standard InChI is InChI=1S/C10H10N2O4/c1-6(2)10(14)11-7-3-8(12(15)16)5-9(13)4-7/h3-5,13H,1H2,2H3,(H,11,14). The van der Waals surface area contributed by atoms with E-state index >= 15 is 0 Å². The summed E-state index contributed by atoms with van der Waals surface area (Å²) in [4.78, 5) is 21.1. The third kappa shape index (κ3) is 2.81. The number of nitrogens with one attached hydrogen (secondary N) is 1. The molecule has 0 aliphatic carbocycles. The van der Waals surface area contributed by atoms with Gasteiger partial charge in [0.2, 0.25) is 0 Å². The van der Waals surface area contributed by atoms with Crippen molar-refractivity contribution in [2.45, 2.75) is 6.92 Å². The van der Waals surface area contributed by atoms with Crippen LogP contribution in [0.25, 0.3) is 0 Å². The van der Waals surface area contributed by atoms with Crippen LogP contribution in [0.1, 0.15) is 6.92 Å². The van der Waals surface area contributed by atoms with Crippen molar-refractivity contribution >= 4 is 17.3 Å². The maximum Gasteiger partial charge on any atom is 0.275 e. The summed E-state index contributed by atoms with van der Waals surface area (Å²) in [6, 6.07) is 3.37. The van der Waals surface area contributed by atoms with E-state index in [2.05, 4.69) is 11.9 Å². The highest BCUT2D eigenvalue weighted by Crippen LogP contribution is 2.25. The van der Waals surface area contributed by atoms with Gasteiger partial charge in [0.15, 0.2) is 0 Å². The van der Waals surface area contributed by atoms with Crippen molar-refractivity contribution in [3.8, 4) is 5.75 Å². The van der Waals surface area contributed by atoms with E-state index in [1.54, 1.807) is 0 Å². The fourth-order valence-corrected chi connectivity index (χ4v) is 1.01. The summed E-state index contributed by atoms with van der Waals surface area (Å²) in [6.45, 7) is 4.93. The summed E-state index contributed by atoms with van der Waals surface area (Å²) in [5.41, 5.74) is 0.128. The molecule has 0 aliphatic rings. The number of aromatic hydroxyl groups is 1. The normalized spacial score (nSPS) is 9.56. The van der Waals surface area contributed by atoms with Crippen LogP contribution in [0.5, 0.6) is 5.75 Å². The van der Waals surface area contributed by atoms with Crippen molar-refractivity contribution in [2.24, 2.45) is 0 Å². The second-order valence-electron chi connectivity index (χ2n) is 3.23. The molecular formula is C10H10N2O4. The molecule has 1 rings (SSSR count). The van der Waals surface area contributed by atoms with Crippen molar-refractivity contribution in [1.82, 2.24) is 0 Å². The molecule has 0 spiro atoms. The minimum Gasteiger partial charge on any atom is -0.508 e. The highest BCUT2D eigenvalue weighted by atomic mass is 16.6. The molecule has 6 nitrogen and oxygen atoms in total. The fourth-order valence-electron chi connectivity index (χ4n) is 1.01. The minimum atomic E-state index is -0.657. The molecule has 16 heavy (non-hydrogen) atoms. The second kappa shape index (κ2) is 4.43. The van der Waals surface area contributed by atoms with Crippen LogP contribution in [0.3, 0.4) is 0 Å². The number of rotatable bonds is 3. The van der Waals surface area contributed by atoms with Gasteiger partial charge in [-0.05, 0) is 6.92 Å². The highest BCUT2D eigenvalue weighted by Gasteiger charge is 2.11. The number of hydrogen-bond acceptors (Lipinski definition) is 4. The van der Waals surface area contributed by atoms with E-state index in [4.69, 9.17) is 0 Å². The first-order valence-corrected chi connectivity index (χ1v) is 4.35. The predicted molar refractivity (Wildman–Crippen MR) is 58.2 cm³/mol. The Labute approximate surface area is 91.4 Å². The van der Waals surface area contributed by atoms with E-state index in [1.165, 1.54) is 13.0 Å². The lowest BCUT2D eigenvalue weighted by molar-refractivity contribution is -0.384. The van der Waals surface area contributed by atoms with Crippen molar-refractivity contribution < 1.29 is 14.8 Å². The smallest absolute Gasteiger partial charge is 0.275 e. The molecule has 2 N–H and O–H groups in total. The van der Waals surface area contributed by atoms with Gasteiger partial charge >= 0.3 is 0 Å². The number of benzene rings is 1. The van der Waals surface area contributed by atoms with Gasteiger partial charge in [-0.3, -0.25) is 14.9 Å². The Balaban J connectivity index is 3.01. The number of amides is 1. The Bertz CT molecular complexity index is 468. The van der Waals surface area contributed by atoms with E-state index in [9.17, 15) is 20.0 Å². The van der Waals surface area contributed by atoms with Crippen LogP contribution in [0.4, 0.5) is 11.4 Å². The third-order valence-corrected chi connectivity index (χ3v) is 1.76. The lowest BCUT2D eigenvalue weighted by Gasteiger charge is -2.04. The molecular weight excluding hydrogens is 212 g/mol. The SMILES string of the molecule is C=C(C)C(=O)Nc1cc(O)cc([N+](=O)[O-])c1. The van der Waals surface area contributed by atoms with Gasteiger partial charge in [0.1, 0.15) is 5.75 Å². The largest absolute Gasteiger partial charge is 0.508 e. The Morgan fingerprint density at radius 1 is 1.50 bits per heavy atom. The number of nitrogens with zero attached hydrogens (tertiary/aromatic N) is 1. The maximum atomic E-state index is 11.2. The number of hydrogen-bond donors (Lipinski definition) is 2. The lowest BCUT2D eigenvalue weighted by Crippen LogP contribution is -2.11. The fraction of sp³-hybridized carbons (Fsp3) is 0.100. The van der Waals surface area contributed by atoms with Crippen LogP contribution in [0.2, 0.25) is 0 Å². The van der Waals surface area contributed by atoms with E-state index in [0.717, 1.165) is 12.1 Å². The second-order valence-corrected chi connectivity index (χ2v) is 3.23. The van der Waals surface area contributed by atoms with Gasteiger partial charge in [-0.25, -0.2) is 0 Å². The minimum absolute atomic E-state index is 0.153. The molecule has 0 fully saturated rings. The van der Waals surface area contributed by atoms with E-state index in [-0.39, 0.29) is 22.7 Å². The molecule has 1 amide bonds. The van der Waals surface area contributed by atoms with Gasteiger partial charge in [0.05, 0.1) is 16.7 Å². The summed E-state index contributed by atoms with van der Waals surface area (Å²) >= 11 is 0. The van der Waals surface area contributed by atoms with Gasteiger partial charge in [0, 0.05) is 17.7 Å². The van der Waals surface area contributed by atoms with Crippen LogP contribution >= 0.6 is 0 Å². The number of phenols is 1. The van der Waals surface area contributed by atoms with Crippen molar-refractivity contribution in [3.63, 3.8) is 0 Å². The van der Waals surface area contributed by atoms with E-state index in [0.29, 0.717) is 0 Å².